The summed E-state index contributed by atoms with van der Waals surface area (Å²) in [5.74, 6) is -0.893. The van der Waals surface area contributed by atoms with E-state index in [1.54, 1.807) is 66.7 Å². The molecular formula is C30H22N2O4S. The molecule has 37 heavy (non-hydrogen) atoms. The first-order valence-electron chi connectivity index (χ1n) is 11.6. The summed E-state index contributed by atoms with van der Waals surface area (Å²) in [5, 5.41) is 5.65. The summed E-state index contributed by atoms with van der Waals surface area (Å²) in [4.78, 5) is 52.0. The van der Waals surface area contributed by atoms with Crippen LogP contribution < -0.4 is 10.6 Å². The number of ketones is 2. The summed E-state index contributed by atoms with van der Waals surface area (Å²) in [7, 11) is 0. The van der Waals surface area contributed by atoms with Crippen LogP contribution in [-0.2, 0) is 4.79 Å². The summed E-state index contributed by atoms with van der Waals surface area (Å²) in [6, 6.07) is 26.1. The van der Waals surface area contributed by atoms with E-state index in [2.05, 4.69) is 10.6 Å². The number of thioether (sulfide) groups is 1. The van der Waals surface area contributed by atoms with Crippen molar-refractivity contribution in [3.63, 3.8) is 0 Å². The second-order valence-corrected chi connectivity index (χ2v) is 9.66. The number of rotatable bonds is 6. The third kappa shape index (κ3) is 5.08. The zero-order valence-corrected chi connectivity index (χ0v) is 20.7. The first-order chi connectivity index (χ1) is 17.9. The monoisotopic (exact) mass is 506 g/mol. The van der Waals surface area contributed by atoms with Gasteiger partial charge < -0.3 is 10.6 Å². The summed E-state index contributed by atoms with van der Waals surface area (Å²) < 4.78 is 0. The molecule has 7 heteroatoms. The van der Waals surface area contributed by atoms with E-state index in [1.807, 2.05) is 31.2 Å². The SMILES string of the molecule is Cc1ccc(C(=O)Nc2ccc(SCC(=O)Nc3cccc4c3C(=O)c3ccccc3C4=O)cc2)cc1. The van der Waals surface area contributed by atoms with Crippen LogP contribution in [0.5, 0.6) is 0 Å². The molecule has 0 spiro atoms. The normalized spacial score (nSPS) is 11.9. The van der Waals surface area contributed by atoms with Crippen molar-refractivity contribution in [3.8, 4) is 0 Å². The van der Waals surface area contributed by atoms with Crippen LogP contribution in [0.1, 0.15) is 47.8 Å². The van der Waals surface area contributed by atoms with Crippen LogP contribution in [0.15, 0.2) is 95.9 Å². The lowest BCUT2D eigenvalue weighted by molar-refractivity contribution is -0.113. The number of carbonyl (C=O) groups excluding carboxylic acids is 4. The molecule has 0 heterocycles. The molecule has 6 nitrogen and oxygen atoms in total. The van der Waals surface area contributed by atoms with E-state index in [1.165, 1.54) is 11.8 Å². The predicted molar refractivity (Wildman–Crippen MR) is 145 cm³/mol. The van der Waals surface area contributed by atoms with E-state index in [4.69, 9.17) is 0 Å². The van der Waals surface area contributed by atoms with Gasteiger partial charge in [-0.2, -0.15) is 0 Å². The highest BCUT2D eigenvalue weighted by Crippen LogP contribution is 2.32. The molecule has 0 atom stereocenters. The Morgan fingerprint density at radius 3 is 2.05 bits per heavy atom. The maximum absolute atomic E-state index is 13.1. The predicted octanol–water partition coefficient (Wildman–Crippen LogP) is 5.75. The maximum atomic E-state index is 13.1. The number of aryl methyl sites for hydroxylation is 1. The van der Waals surface area contributed by atoms with Crippen molar-refractivity contribution in [1.29, 1.82) is 0 Å². The number of hydrogen-bond donors (Lipinski definition) is 2. The van der Waals surface area contributed by atoms with Crippen LogP contribution in [0.3, 0.4) is 0 Å². The van der Waals surface area contributed by atoms with Gasteiger partial charge in [0, 0.05) is 32.8 Å². The fourth-order valence-corrected chi connectivity index (χ4v) is 4.83. The van der Waals surface area contributed by atoms with Crippen molar-refractivity contribution < 1.29 is 19.2 Å². The minimum atomic E-state index is -0.297. The smallest absolute Gasteiger partial charge is 0.255 e. The van der Waals surface area contributed by atoms with Crippen LogP contribution in [0.25, 0.3) is 0 Å². The van der Waals surface area contributed by atoms with Crippen molar-refractivity contribution in [2.75, 3.05) is 16.4 Å². The molecule has 1 aliphatic rings. The molecule has 0 saturated carbocycles. The van der Waals surface area contributed by atoms with Gasteiger partial charge in [-0.05, 0) is 49.4 Å². The maximum Gasteiger partial charge on any atom is 0.255 e. The number of benzene rings is 4. The number of hydrogen-bond acceptors (Lipinski definition) is 5. The molecule has 0 aromatic heterocycles. The molecule has 0 aliphatic heterocycles. The fourth-order valence-electron chi connectivity index (χ4n) is 4.13. The zero-order chi connectivity index (χ0) is 25.9. The largest absolute Gasteiger partial charge is 0.325 e. The Morgan fingerprint density at radius 1 is 0.703 bits per heavy atom. The Kier molecular flexibility index (Phi) is 6.70. The summed E-state index contributed by atoms with van der Waals surface area (Å²) in [6.45, 7) is 1.96. The molecule has 4 aromatic rings. The first-order valence-corrected chi connectivity index (χ1v) is 12.6. The van der Waals surface area contributed by atoms with Gasteiger partial charge in [0.25, 0.3) is 5.91 Å². The molecule has 0 radical (unpaired) electrons. The number of carbonyl (C=O) groups is 4. The zero-order valence-electron chi connectivity index (χ0n) is 19.9. The van der Waals surface area contributed by atoms with Crippen LogP contribution in [0, 0.1) is 6.92 Å². The molecule has 2 amide bonds. The average molecular weight is 507 g/mol. The van der Waals surface area contributed by atoms with E-state index in [0.717, 1.165) is 10.5 Å². The van der Waals surface area contributed by atoms with Gasteiger partial charge in [-0.3, -0.25) is 19.2 Å². The van der Waals surface area contributed by atoms with Crippen molar-refractivity contribution in [2.24, 2.45) is 0 Å². The molecule has 182 valence electrons. The summed E-state index contributed by atoms with van der Waals surface area (Å²) in [6.07, 6.45) is 0. The van der Waals surface area contributed by atoms with E-state index in [-0.39, 0.29) is 40.3 Å². The molecule has 2 N–H and O–H groups in total. The highest BCUT2D eigenvalue weighted by Gasteiger charge is 2.31. The average Bonchev–Trinajstić information content (AvgIpc) is 2.91. The van der Waals surface area contributed by atoms with Crippen LogP contribution in [0.4, 0.5) is 11.4 Å². The van der Waals surface area contributed by atoms with Gasteiger partial charge in [-0.15, -0.1) is 11.8 Å². The molecule has 0 unspecified atom stereocenters. The minimum Gasteiger partial charge on any atom is -0.325 e. The Labute approximate surface area is 218 Å². The standard InChI is InChI=1S/C30H22N2O4S/c1-18-9-11-19(12-10-18)30(36)31-20-13-15-21(16-14-20)37-17-26(33)32-25-8-4-7-24-27(25)29(35)23-6-3-2-5-22(23)28(24)34/h2-16H,17H2,1H3,(H,31,36)(H,32,33). The van der Waals surface area contributed by atoms with E-state index in [0.29, 0.717) is 28.1 Å². The summed E-state index contributed by atoms with van der Waals surface area (Å²) in [5.41, 5.74) is 3.86. The van der Waals surface area contributed by atoms with Crippen molar-refractivity contribution in [2.45, 2.75) is 11.8 Å². The second-order valence-electron chi connectivity index (χ2n) is 8.61. The van der Waals surface area contributed by atoms with Crippen molar-refractivity contribution in [3.05, 3.63) is 124 Å². The fraction of sp³-hybridized carbons (Fsp3) is 0.0667. The molecule has 0 saturated heterocycles. The molecule has 4 aromatic carbocycles. The highest BCUT2D eigenvalue weighted by molar-refractivity contribution is 8.00. The Hall–Kier alpha value is -4.49. The van der Waals surface area contributed by atoms with Crippen LogP contribution in [0.2, 0.25) is 0 Å². The Bertz CT molecular complexity index is 1540. The van der Waals surface area contributed by atoms with E-state index >= 15 is 0 Å². The third-order valence-electron chi connectivity index (χ3n) is 6.02. The highest BCUT2D eigenvalue weighted by atomic mass is 32.2. The molecule has 0 bridgehead atoms. The van der Waals surface area contributed by atoms with Gasteiger partial charge >= 0.3 is 0 Å². The van der Waals surface area contributed by atoms with Gasteiger partial charge in [0.2, 0.25) is 5.91 Å². The molecule has 0 fully saturated rings. The number of amides is 2. The molecule has 1 aliphatic carbocycles. The van der Waals surface area contributed by atoms with E-state index in [9.17, 15) is 19.2 Å². The molecule has 5 rings (SSSR count). The Balaban J connectivity index is 1.22. The Morgan fingerprint density at radius 2 is 1.35 bits per heavy atom. The lowest BCUT2D eigenvalue weighted by atomic mass is 9.83. The second kappa shape index (κ2) is 10.2. The van der Waals surface area contributed by atoms with Gasteiger partial charge in [-0.25, -0.2) is 0 Å². The minimum absolute atomic E-state index is 0.109. The number of fused-ring (bicyclic) bond motifs is 2. The van der Waals surface area contributed by atoms with Gasteiger partial charge in [0.05, 0.1) is 17.0 Å². The molecular weight excluding hydrogens is 484 g/mol. The van der Waals surface area contributed by atoms with Gasteiger partial charge in [-0.1, -0.05) is 54.1 Å². The van der Waals surface area contributed by atoms with Gasteiger partial charge in [0.15, 0.2) is 11.6 Å². The van der Waals surface area contributed by atoms with Crippen molar-refractivity contribution in [1.82, 2.24) is 0 Å². The van der Waals surface area contributed by atoms with Gasteiger partial charge in [0.1, 0.15) is 0 Å². The first kappa shape index (κ1) is 24.2. The van der Waals surface area contributed by atoms with Crippen LogP contribution >= 0.6 is 11.8 Å². The van der Waals surface area contributed by atoms with Crippen molar-refractivity contribution >= 4 is 46.5 Å². The lowest BCUT2D eigenvalue weighted by Gasteiger charge is -2.20. The quantitative estimate of drug-likeness (QED) is 0.286. The lowest BCUT2D eigenvalue weighted by Crippen LogP contribution is -2.24. The van der Waals surface area contributed by atoms with E-state index < -0.39 is 0 Å². The van der Waals surface area contributed by atoms with Crippen LogP contribution in [-0.4, -0.2) is 29.1 Å². The third-order valence-corrected chi connectivity index (χ3v) is 7.03. The number of anilines is 2. The summed E-state index contributed by atoms with van der Waals surface area (Å²) >= 11 is 1.32. The topological polar surface area (TPSA) is 92.3 Å². The number of nitrogens with one attached hydrogen (secondary N) is 2.